The molecule has 3 aromatic carbocycles. The van der Waals surface area contributed by atoms with Crippen LogP contribution in [-0.2, 0) is 16.2 Å². The second-order valence-corrected chi connectivity index (χ2v) is 8.67. The number of rotatable bonds is 7. The summed E-state index contributed by atoms with van der Waals surface area (Å²) in [7, 11) is 0. The molecular weight excluding hydrogens is 512 g/mol. The first-order valence-electron chi connectivity index (χ1n) is 11.0. The van der Waals surface area contributed by atoms with Crippen LogP contribution in [0.2, 0.25) is 0 Å². The number of aryl methyl sites for hydroxylation is 1. The summed E-state index contributed by atoms with van der Waals surface area (Å²) in [5.41, 5.74) is 2.73. The van der Waals surface area contributed by atoms with Crippen molar-refractivity contribution in [1.82, 2.24) is 5.32 Å². The minimum Gasteiger partial charge on any atom is -0.490 e. The van der Waals surface area contributed by atoms with Gasteiger partial charge in [-0.3, -0.25) is 14.9 Å². The standard InChI is InChI=1S/C27H23BrN2O5/c1-3-34-24-15-18(10-13-23(24)35-16-19-6-4-5-7-22(19)28)14-21-25(31)29-27(33)30(26(21)32)20-11-8-17(2)9-12-20/h4-15H,3,16H2,1-2H3,(H,29,31,33)/b21-14+. The third kappa shape index (κ3) is 5.44. The number of nitrogens with one attached hydrogen (secondary N) is 1. The number of carbonyl (C=O) groups excluding carboxylic acids is 3. The number of carbonyl (C=O) groups is 3. The van der Waals surface area contributed by atoms with Crippen molar-refractivity contribution in [3.8, 4) is 11.5 Å². The van der Waals surface area contributed by atoms with E-state index in [0.29, 0.717) is 36.0 Å². The maximum Gasteiger partial charge on any atom is 0.335 e. The SMILES string of the molecule is CCOc1cc(/C=C2\C(=O)NC(=O)N(c3ccc(C)cc3)C2=O)ccc1OCc1ccccc1Br. The molecule has 0 saturated carbocycles. The van der Waals surface area contributed by atoms with Crippen molar-refractivity contribution in [2.45, 2.75) is 20.5 Å². The van der Waals surface area contributed by atoms with Gasteiger partial charge in [0.15, 0.2) is 11.5 Å². The van der Waals surface area contributed by atoms with Crippen LogP contribution < -0.4 is 19.7 Å². The Kier molecular flexibility index (Phi) is 7.31. The molecule has 4 amide bonds. The smallest absolute Gasteiger partial charge is 0.335 e. The fourth-order valence-electron chi connectivity index (χ4n) is 3.53. The lowest BCUT2D eigenvalue weighted by Gasteiger charge is -2.26. The van der Waals surface area contributed by atoms with E-state index < -0.39 is 17.8 Å². The number of hydrogen-bond donors (Lipinski definition) is 1. The van der Waals surface area contributed by atoms with Crippen molar-refractivity contribution in [2.75, 3.05) is 11.5 Å². The Hall–Kier alpha value is -3.91. The van der Waals surface area contributed by atoms with E-state index in [0.717, 1.165) is 20.5 Å². The molecule has 0 spiro atoms. The highest BCUT2D eigenvalue weighted by molar-refractivity contribution is 9.10. The molecule has 1 heterocycles. The number of ether oxygens (including phenoxy) is 2. The van der Waals surface area contributed by atoms with Gasteiger partial charge in [0.05, 0.1) is 12.3 Å². The van der Waals surface area contributed by atoms with Crippen molar-refractivity contribution in [3.05, 3.63) is 93.5 Å². The Morgan fingerprint density at radius 1 is 0.943 bits per heavy atom. The number of urea groups is 1. The van der Waals surface area contributed by atoms with E-state index in [4.69, 9.17) is 9.47 Å². The Balaban J connectivity index is 1.61. The van der Waals surface area contributed by atoms with E-state index in [1.54, 1.807) is 42.5 Å². The molecule has 4 rings (SSSR count). The molecule has 0 atom stereocenters. The average molecular weight is 535 g/mol. The minimum absolute atomic E-state index is 0.158. The molecule has 7 nitrogen and oxygen atoms in total. The molecule has 0 radical (unpaired) electrons. The number of imide groups is 2. The number of hydrogen-bond acceptors (Lipinski definition) is 5. The van der Waals surface area contributed by atoms with Crippen LogP contribution in [0.4, 0.5) is 10.5 Å². The largest absolute Gasteiger partial charge is 0.490 e. The van der Waals surface area contributed by atoms with Crippen LogP contribution in [0.1, 0.15) is 23.6 Å². The summed E-state index contributed by atoms with van der Waals surface area (Å²) in [6.45, 7) is 4.49. The van der Waals surface area contributed by atoms with E-state index in [1.165, 1.54) is 6.08 Å². The Labute approximate surface area is 211 Å². The van der Waals surface area contributed by atoms with Crippen molar-refractivity contribution in [2.24, 2.45) is 0 Å². The highest BCUT2D eigenvalue weighted by Gasteiger charge is 2.36. The fraction of sp³-hybridized carbons (Fsp3) is 0.148. The molecular formula is C27H23BrN2O5. The molecule has 35 heavy (non-hydrogen) atoms. The topological polar surface area (TPSA) is 84.9 Å². The van der Waals surface area contributed by atoms with E-state index in [-0.39, 0.29) is 5.57 Å². The number of anilines is 1. The van der Waals surface area contributed by atoms with Crippen LogP contribution in [0, 0.1) is 6.92 Å². The molecule has 0 bridgehead atoms. The zero-order valence-electron chi connectivity index (χ0n) is 19.2. The number of nitrogens with zero attached hydrogens (tertiary/aromatic N) is 1. The molecule has 1 aliphatic rings. The van der Waals surface area contributed by atoms with Gasteiger partial charge >= 0.3 is 6.03 Å². The van der Waals surface area contributed by atoms with E-state index >= 15 is 0 Å². The molecule has 3 aromatic rings. The van der Waals surface area contributed by atoms with E-state index in [1.807, 2.05) is 38.1 Å². The number of barbiturate groups is 1. The van der Waals surface area contributed by atoms with Crippen LogP contribution in [0.5, 0.6) is 11.5 Å². The molecule has 0 aromatic heterocycles. The monoisotopic (exact) mass is 534 g/mol. The number of halogens is 1. The van der Waals surface area contributed by atoms with Crippen molar-refractivity contribution >= 4 is 45.5 Å². The molecule has 0 aliphatic carbocycles. The maximum absolute atomic E-state index is 13.1. The van der Waals surface area contributed by atoms with E-state index in [9.17, 15) is 14.4 Å². The van der Waals surface area contributed by atoms with Gasteiger partial charge < -0.3 is 9.47 Å². The summed E-state index contributed by atoms with van der Waals surface area (Å²) in [5.74, 6) is -0.449. The van der Waals surface area contributed by atoms with Crippen LogP contribution in [0.25, 0.3) is 6.08 Å². The third-order valence-electron chi connectivity index (χ3n) is 5.31. The molecule has 178 valence electrons. The van der Waals surface area contributed by atoms with Crippen LogP contribution >= 0.6 is 15.9 Å². The van der Waals surface area contributed by atoms with Gasteiger partial charge in [-0.2, -0.15) is 0 Å². The zero-order valence-corrected chi connectivity index (χ0v) is 20.8. The normalized spacial score (nSPS) is 14.8. The first-order valence-corrected chi connectivity index (χ1v) is 11.8. The first kappa shape index (κ1) is 24.2. The molecule has 1 saturated heterocycles. The Morgan fingerprint density at radius 3 is 2.40 bits per heavy atom. The van der Waals surface area contributed by atoms with Gasteiger partial charge in [0.1, 0.15) is 12.2 Å². The Morgan fingerprint density at radius 2 is 1.69 bits per heavy atom. The highest BCUT2D eigenvalue weighted by Crippen LogP contribution is 2.31. The minimum atomic E-state index is -0.785. The molecule has 1 aliphatic heterocycles. The zero-order chi connectivity index (χ0) is 24.9. The second kappa shape index (κ2) is 10.6. The van der Waals surface area contributed by atoms with Crippen molar-refractivity contribution < 1.29 is 23.9 Å². The van der Waals surface area contributed by atoms with Crippen LogP contribution in [0.15, 0.2) is 76.8 Å². The third-order valence-corrected chi connectivity index (χ3v) is 6.09. The number of benzene rings is 3. The lowest BCUT2D eigenvalue weighted by atomic mass is 10.1. The van der Waals surface area contributed by atoms with Gasteiger partial charge in [0, 0.05) is 10.0 Å². The van der Waals surface area contributed by atoms with Gasteiger partial charge in [-0.15, -0.1) is 0 Å². The summed E-state index contributed by atoms with van der Waals surface area (Å²) >= 11 is 3.51. The fourth-order valence-corrected chi connectivity index (χ4v) is 3.92. The second-order valence-electron chi connectivity index (χ2n) is 7.81. The van der Waals surface area contributed by atoms with Crippen LogP contribution in [-0.4, -0.2) is 24.5 Å². The highest BCUT2D eigenvalue weighted by atomic mass is 79.9. The summed E-state index contributed by atoms with van der Waals surface area (Å²) in [5, 5.41) is 2.24. The first-order chi connectivity index (χ1) is 16.9. The summed E-state index contributed by atoms with van der Waals surface area (Å²) in [6, 6.07) is 19.0. The molecule has 1 fully saturated rings. The van der Waals surface area contributed by atoms with Crippen LogP contribution in [0.3, 0.4) is 0 Å². The maximum atomic E-state index is 13.1. The van der Waals surface area contributed by atoms with Gasteiger partial charge in [-0.05, 0) is 55.8 Å². The van der Waals surface area contributed by atoms with E-state index in [2.05, 4.69) is 21.2 Å². The summed E-state index contributed by atoms with van der Waals surface area (Å²) in [6.07, 6.45) is 1.44. The lowest BCUT2D eigenvalue weighted by Crippen LogP contribution is -2.54. The quantitative estimate of drug-likeness (QED) is 0.324. The van der Waals surface area contributed by atoms with Crippen molar-refractivity contribution in [1.29, 1.82) is 0 Å². The predicted octanol–water partition coefficient (Wildman–Crippen LogP) is 5.40. The summed E-state index contributed by atoms with van der Waals surface area (Å²) in [4.78, 5) is 39.0. The lowest BCUT2D eigenvalue weighted by molar-refractivity contribution is -0.122. The Bertz CT molecular complexity index is 1320. The number of amides is 4. The average Bonchev–Trinajstić information content (AvgIpc) is 2.83. The summed E-state index contributed by atoms with van der Waals surface area (Å²) < 4.78 is 12.6. The van der Waals surface area contributed by atoms with Gasteiger partial charge in [0.2, 0.25) is 0 Å². The van der Waals surface area contributed by atoms with Crippen molar-refractivity contribution in [3.63, 3.8) is 0 Å². The molecule has 8 heteroatoms. The molecule has 1 N–H and O–H groups in total. The molecule has 0 unspecified atom stereocenters. The predicted molar refractivity (Wildman–Crippen MR) is 136 cm³/mol. The van der Waals surface area contributed by atoms with Gasteiger partial charge in [-0.25, -0.2) is 9.69 Å². The van der Waals surface area contributed by atoms with Gasteiger partial charge in [-0.1, -0.05) is 57.9 Å². The van der Waals surface area contributed by atoms with Gasteiger partial charge in [0.25, 0.3) is 11.8 Å².